The standard InChI is InChI=1S/C20H25N5O3S/c1-3-4-10-16-21-19(24-11-13-25(14-12-24)29(2,26)27)17-18(23-28-20(17)22-16)15-8-6-5-7-9-15/h5-9H,3-4,10-14H2,1-2H3. The summed E-state index contributed by atoms with van der Waals surface area (Å²) in [7, 11) is -3.19. The summed E-state index contributed by atoms with van der Waals surface area (Å²) in [6, 6.07) is 9.82. The lowest BCUT2D eigenvalue weighted by molar-refractivity contribution is 0.387. The molecule has 1 aliphatic rings. The number of benzene rings is 1. The number of piperazine rings is 1. The molecule has 1 aliphatic heterocycles. The number of hydrogen-bond donors (Lipinski definition) is 0. The van der Waals surface area contributed by atoms with Gasteiger partial charge in [0.2, 0.25) is 10.0 Å². The fourth-order valence-corrected chi connectivity index (χ4v) is 4.41. The Morgan fingerprint density at radius 3 is 2.45 bits per heavy atom. The van der Waals surface area contributed by atoms with Crippen LogP contribution in [0.3, 0.4) is 0 Å². The zero-order valence-corrected chi connectivity index (χ0v) is 17.5. The first-order valence-electron chi connectivity index (χ1n) is 9.89. The second kappa shape index (κ2) is 8.08. The summed E-state index contributed by atoms with van der Waals surface area (Å²) >= 11 is 0. The minimum Gasteiger partial charge on any atom is -0.353 e. The maximum absolute atomic E-state index is 11.9. The average Bonchev–Trinajstić information content (AvgIpc) is 3.16. The molecule has 0 radical (unpaired) electrons. The lowest BCUT2D eigenvalue weighted by Gasteiger charge is -2.34. The summed E-state index contributed by atoms with van der Waals surface area (Å²) in [5, 5.41) is 5.07. The highest BCUT2D eigenvalue weighted by molar-refractivity contribution is 7.88. The zero-order valence-electron chi connectivity index (χ0n) is 16.7. The molecule has 29 heavy (non-hydrogen) atoms. The van der Waals surface area contributed by atoms with Crippen LogP contribution in [0.2, 0.25) is 0 Å². The van der Waals surface area contributed by atoms with Crippen LogP contribution in [0.1, 0.15) is 25.6 Å². The molecule has 3 heterocycles. The van der Waals surface area contributed by atoms with E-state index in [1.807, 2.05) is 30.3 Å². The van der Waals surface area contributed by atoms with Crippen molar-refractivity contribution in [3.05, 3.63) is 36.2 Å². The molecule has 2 aromatic heterocycles. The molecule has 0 spiro atoms. The minimum atomic E-state index is -3.19. The SMILES string of the molecule is CCCCc1nc(N2CCN(S(C)(=O)=O)CC2)c2c(-c3ccccc3)noc2n1. The fourth-order valence-electron chi connectivity index (χ4n) is 3.58. The van der Waals surface area contributed by atoms with E-state index in [4.69, 9.17) is 9.51 Å². The highest BCUT2D eigenvalue weighted by atomic mass is 32.2. The van der Waals surface area contributed by atoms with Gasteiger partial charge in [0.05, 0.1) is 6.26 Å². The molecular weight excluding hydrogens is 390 g/mol. The van der Waals surface area contributed by atoms with Gasteiger partial charge < -0.3 is 9.42 Å². The highest BCUT2D eigenvalue weighted by Gasteiger charge is 2.28. The van der Waals surface area contributed by atoms with Gasteiger partial charge in [-0.3, -0.25) is 0 Å². The molecule has 0 unspecified atom stereocenters. The maximum atomic E-state index is 11.9. The van der Waals surface area contributed by atoms with Crippen molar-refractivity contribution in [2.75, 3.05) is 37.3 Å². The summed E-state index contributed by atoms with van der Waals surface area (Å²) in [4.78, 5) is 11.6. The molecule has 3 aromatic rings. The first-order valence-corrected chi connectivity index (χ1v) is 11.7. The minimum absolute atomic E-state index is 0.431. The van der Waals surface area contributed by atoms with Crippen molar-refractivity contribution in [2.24, 2.45) is 0 Å². The molecule has 154 valence electrons. The predicted molar refractivity (Wildman–Crippen MR) is 112 cm³/mol. The molecule has 0 saturated carbocycles. The van der Waals surface area contributed by atoms with E-state index in [9.17, 15) is 8.42 Å². The van der Waals surface area contributed by atoms with Gasteiger partial charge in [-0.15, -0.1) is 0 Å². The Kier molecular flexibility index (Phi) is 5.51. The monoisotopic (exact) mass is 415 g/mol. The van der Waals surface area contributed by atoms with E-state index in [1.165, 1.54) is 10.6 Å². The number of fused-ring (bicyclic) bond motifs is 1. The number of anilines is 1. The van der Waals surface area contributed by atoms with Crippen LogP contribution in [0.15, 0.2) is 34.9 Å². The van der Waals surface area contributed by atoms with Crippen LogP contribution >= 0.6 is 0 Å². The molecule has 8 nitrogen and oxygen atoms in total. The van der Waals surface area contributed by atoms with Gasteiger partial charge in [-0.2, -0.15) is 9.29 Å². The van der Waals surface area contributed by atoms with Crippen molar-refractivity contribution in [1.29, 1.82) is 0 Å². The molecule has 0 amide bonds. The Hall–Kier alpha value is -2.52. The Bertz CT molecular complexity index is 1090. The molecule has 0 bridgehead atoms. The first kappa shape index (κ1) is 19.8. The molecule has 1 saturated heterocycles. The topological polar surface area (TPSA) is 92.4 Å². The van der Waals surface area contributed by atoms with Crippen LogP contribution in [0.4, 0.5) is 5.82 Å². The van der Waals surface area contributed by atoms with Gasteiger partial charge in [0, 0.05) is 38.2 Å². The van der Waals surface area contributed by atoms with E-state index in [0.717, 1.165) is 41.9 Å². The van der Waals surface area contributed by atoms with Crippen molar-refractivity contribution in [2.45, 2.75) is 26.2 Å². The Morgan fingerprint density at radius 1 is 1.07 bits per heavy atom. The van der Waals surface area contributed by atoms with E-state index >= 15 is 0 Å². The molecule has 1 fully saturated rings. The summed E-state index contributed by atoms with van der Waals surface area (Å²) in [6.45, 7) is 4.12. The number of aromatic nitrogens is 3. The molecule has 4 rings (SSSR count). The Labute approximate surface area is 170 Å². The third kappa shape index (κ3) is 4.11. The average molecular weight is 416 g/mol. The maximum Gasteiger partial charge on any atom is 0.263 e. The van der Waals surface area contributed by atoms with Crippen molar-refractivity contribution < 1.29 is 12.9 Å². The molecule has 9 heteroatoms. The fraction of sp³-hybridized carbons (Fsp3) is 0.450. The number of aryl methyl sites for hydroxylation is 1. The molecule has 0 atom stereocenters. The Balaban J connectivity index is 1.77. The number of nitrogens with zero attached hydrogens (tertiary/aromatic N) is 5. The van der Waals surface area contributed by atoms with Crippen LogP contribution in [0, 0.1) is 0 Å². The molecular formula is C20H25N5O3S. The van der Waals surface area contributed by atoms with Crippen LogP contribution in [0.25, 0.3) is 22.4 Å². The predicted octanol–water partition coefficient (Wildman–Crippen LogP) is 2.71. The largest absolute Gasteiger partial charge is 0.353 e. The molecule has 0 aliphatic carbocycles. The van der Waals surface area contributed by atoms with E-state index < -0.39 is 10.0 Å². The van der Waals surface area contributed by atoms with E-state index in [0.29, 0.717) is 37.6 Å². The smallest absolute Gasteiger partial charge is 0.263 e. The van der Waals surface area contributed by atoms with Crippen LogP contribution < -0.4 is 4.90 Å². The Morgan fingerprint density at radius 2 is 1.79 bits per heavy atom. The number of hydrogen-bond acceptors (Lipinski definition) is 7. The third-order valence-corrected chi connectivity index (χ3v) is 6.47. The van der Waals surface area contributed by atoms with Gasteiger partial charge in [-0.25, -0.2) is 13.4 Å². The second-order valence-electron chi connectivity index (χ2n) is 7.29. The summed E-state index contributed by atoms with van der Waals surface area (Å²) < 4.78 is 30.8. The van der Waals surface area contributed by atoms with Crippen LogP contribution in [-0.4, -0.2) is 60.3 Å². The normalized spacial score (nSPS) is 15.9. The first-order chi connectivity index (χ1) is 14.0. The van der Waals surface area contributed by atoms with E-state index in [2.05, 4.69) is 22.0 Å². The van der Waals surface area contributed by atoms with E-state index in [-0.39, 0.29) is 0 Å². The van der Waals surface area contributed by atoms with Gasteiger partial charge in [-0.05, 0) is 6.42 Å². The number of unbranched alkanes of at least 4 members (excludes halogenated alkanes) is 1. The number of sulfonamides is 1. The summed E-state index contributed by atoms with van der Waals surface area (Å²) in [6.07, 6.45) is 4.06. The molecule has 0 N–H and O–H groups in total. The van der Waals surface area contributed by atoms with Crippen molar-refractivity contribution in [3.63, 3.8) is 0 Å². The van der Waals surface area contributed by atoms with Gasteiger partial charge >= 0.3 is 0 Å². The van der Waals surface area contributed by atoms with Crippen molar-refractivity contribution in [1.82, 2.24) is 19.4 Å². The third-order valence-electron chi connectivity index (χ3n) is 5.17. The van der Waals surface area contributed by atoms with Crippen LogP contribution in [-0.2, 0) is 16.4 Å². The van der Waals surface area contributed by atoms with Gasteiger partial charge in [0.25, 0.3) is 5.71 Å². The van der Waals surface area contributed by atoms with Gasteiger partial charge in [0.15, 0.2) is 0 Å². The molecule has 1 aromatic carbocycles. The zero-order chi connectivity index (χ0) is 20.4. The second-order valence-corrected chi connectivity index (χ2v) is 9.28. The summed E-state index contributed by atoms with van der Waals surface area (Å²) in [5.41, 5.74) is 2.13. The number of rotatable bonds is 6. The van der Waals surface area contributed by atoms with Crippen molar-refractivity contribution in [3.8, 4) is 11.3 Å². The van der Waals surface area contributed by atoms with E-state index in [1.54, 1.807) is 0 Å². The quantitative estimate of drug-likeness (QED) is 0.611. The van der Waals surface area contributed by atoms with Crippen molar-refractivity contribution >= 4 is 26.9 Å². The van der Waals surface area contributed by atoms with Crippen LogP contribution in [0.5, 0.6) is 0 Å². The highest BCUT2D eigenvalue weighted by Crippen LogP contribution is 2.34. The lowest BCUT2D eigenvalue weighted by Crippen LogP contribution is -2.48. The van der Waals surface area contributed by atoms with Gasteiger partial charge in [0.1, 0.15) is 22.7 Å². The van der Waals surface area contributed by atoms with Gasteiger partial charge in [-0.1, -0.05) is 48.8 Å². The lowest BCUT2D eigenvalue weighted by atomic mass is 10.1. The summed E-state index contributed by atoms with van der Waals surface area (Å²) in [5.74, 6) is 1.50.